The molecular formula is C10H11N3O3. The standard InChI is InChI=1S/C10H11N3O3/c1-16-8(14)4-6-13-7-3-2-5-11-9(7)12-10(13)15/h2-3,5H,4,6H2,1H3,(H,11,12,15). The number of fused-ring (bicyclic) bond motifs is 1. The van der Waals surface area contributed by atoms with E-state index in [9.17, 15) is 9.59 Å². The van der Waals surface area contributed by atoms with E-state index in [2.05, 4.69) is 14.7 Å². The van der Waals surface area contributed by atoms with Crippen molar-refractivity contribution in [3.8, 4) is 0 Å². The fourth-order valence-corrected chi connectivity index (χ4v) is 1.52. The Bertz CT molecular complexity index is 570. The maximum atomic E-state index is 11.6. The lowest BCUT2D eigenvalue weighted by molar-refractivity contribution is -0.140. The van der Waals surface area contributed by atoms with Gasteiger partial charge in [0.25, 0.3) is 0 Å². The molecule has 0 saturated carbocycles. The van der Waals surface area contributed by atoms with Crippen molar-refractivity contribution < 1.29 is 9.53 Å². The molecule has 2 heterocycles. The van der Waals surface area contributed by atoms with Crippen molar-refractivity contribution in [2.45, 2.75) is 13.0 Å². The Morgan fingerprint density at radius 1 is 1.62 bits per heavy atom. The average molecular weight is 221 g/mol. The summed E-state index contributed by atoms with van der Waals surface area (Å²) in [7, 11) is 1.32. The maximum absolute atomic E-state index is 11.6. The summed E-state index contributed by atoms with van der Waals surface area (Å²) in [5.41, 5.74) is 0.950. The molecule has 2 aromatic heterocycles. The first-order valence-corrected chi connectivity index (χ1v) is 4.82. The quantitative estimate of drug-likeness (QED) is 0.755. The molecule has 0 saturated heterocycles. The number of aryl methyl sites for hydroxylation is 1. The average Bonchev–Trinajstić information content (AvgIpc) is 2.62. The van der Waals surface area contributed by atoms with Gasteiger partial charge in [-0.15, -0.1) is 0 Å². The number of nitrogens with one attached hydrogen (secondary N) is 1. The number of H-pyrrole nitrogens is 1. The molecule has 0 atom stereocenters. The second kappa shape index (κ2) is 4.18. The van der Waals surface area contributed by atoms with Gasteiger partial charge in [-0.2, -0.15) is 0 Å². The third-order valence-corrected chi connectivity index (χ3v) is 2.31. The molecule has 0 aromatic carbocycles. The molecule has 0 aliphatic heterocycles. The number of hydrogen-bond acceptors (Lipinski definition) is 4. The fraction of sp³-hybridized carbons (Fsp3) is 0.300. The van der Waals surface area contributed by atoms with Crippen LogP contribution in [0.3, 0.4) is 0 Å². The van der Waals surface area contributed by atoms with Crippen LogP contribution in [-0.2, 0) is 16.1 Å². The number of carbonyl (C=O) groups is 1. The van der Waals surface area contributed by atoms with Crippen molar-refractivity contribution in [1.29, 1.82) is 0 Å². The highest BCUT2D eigenvalue weighted by Gasteiger charge is 2.08. The van der Waals surface area contributed by atoms with Crippen LogP contribution in [0.1, 0.15) is 6.42 Å². The number of hydrogen-bond donors (Lipinski definition) is 1. The van der Waals surface area contributed by atoms with E-state index in [1.54, 1.807) is 18.3 Å². The van der Waals surface area contributed by atoms with Crippen molar-refractivity contribution in [2.24, 2.45) is 0 Å². The molecule has 6 heteroatoms. The van der Waals surface area contributed by atoms with Gasteiger partial charge >= 0.3 is 11.7 Å². The Labute approximate surface area is 90.9 Å². The zero-order chi connectivity index (χ0) is 11.5. The van der Waals surface area contributed by atoms with Crippen LogP contribution in [0.5, 0.6) is 0 Å². The van der Waals surface area contributed by atoms with Crippen LogP contribution in [0.25, 0.3) is 11.2 Å². The number of ether oxygens (including phenoxy) is 1. The molecule has 1 N–H and O–H groups in total. The van der Waals surface area contributed by atoms with Crippen LogP contribution in [0.4, 0.5) is 0 Å². The van der Waals surface area contributed by atoms with Crippen molar-refractivity contribution in [2.75, 3.05) is 7.11 Å². The largest absolute Gasteiger partial charge is 0.469 e. The molecule has 0 aliphatic carbocycles. The lowest BCUT2D eigenvalue weighted by atomic mass is 10.4. The van der Waals surface area contributed by atoms with Gasteiger partial charge in [0.2, 0.25) is 0 Å². The molecule has 0 radical (unpaired) electrons. The first-order valence-electron chi connectivity index (χ1n) is 4.82. The summed E-state index contributed by atoms with van der Waals surface area (Å²) in [5.74, 6) is -0.342. The lowest BCUT2D eigenvalue weighted by Crippen LogP contribution is -2.18. The number of pyridine rings is 1. The minimum absolute atomic E-state index is 0.165. The minimum atomic E-state index is -0.342. The van der Waals surface area contributed by atoms with Crippen molar-refractivity contribution in [3.05, 3.63) is 28.8 Å². The molecule has 2 rings (SSSR count). The highest BCUT2D eigenvalue weighted by Crippen LogP contribution is 2.06. The maximum Gasteiger partial charge on any atom is 0.327 e. The number of aromatic amines is 1. The second-order valence-electron chi connectivity index (χ2n) is 3.28. The SMILES string of the molecule is COC(=O)CCn1c(=O)[nH]c2ncccc21. The van der Waals surface area contributed by atoms with Crippen molar-refractivity contribution >= 4 is 17.1 Å². The number of carbonyl (C=O) groups excluding carboxylic acids is 1. The van der Waals surface area contributed by atoms with Crippen LogP contribution >= 0.6 is 0 Å². The molecule has 0 spiro atoms. The first kappa shape index (κ1) is 10.4. The van der Waals surface area contributed by atoms with Gasteiger partial charge in [0.1, 0.15) is 0 Å². The summed E-state index contributed by atoms with van der Waals surface area (Å²) in [6.07, 6.45) is 1.77. The summed E-state index contributed by atoms with van der Waals surface area (Å²) >= 11 is 0. The van der Waals surface area contributed by atoms with Crippen LogP contribution in [0.15, 0.2) is 23.1 Å². The van der Waals surface area contributed by atoms with Gasteiger partial charge < -0.3 is 4.74 Å². The van der Waals surface area contributed by atoms with Crippen LogP contribution in [0.2, 0.25) is 0 Å². The summed E-state index contributed by atoms with van der Waals surface area (Å²) in [6.45, 7) is 0.289. The van der Waals surface area contributed by atoms with E-state index in [4.69, 9.17) is 0 Å². The third kappa shape index (κ3) is 1.81. The van der Waals surface area contributed by atoms with E-state index < -0.39 is 0 Å². The lowest BCUT2D eigenvalue weighted by Gasteiger charge is -2.01. The van der Waals surface area contributed by atoms with Gasteiger partial charge in [0.15, 0.2) is 5.65 Å². The van der Waals surface area contributed by atoms with Gasteiger partial charge in [0, 0.05) is 12.7 Å². The van der Waals surface area contributed by atoms with Gasteiger partial charge in [-0.05, 0) is 12.1 Å². The number of methoxy groups -OCH3 is 1. The molecule has 6 nitrogen and oxygen atoms in total. The van der Waals surface area contributed by atoms with Crippen LogP contribution in [0, 0.1) is 0 Å². The Balaban J connectivity index is 2.33. The number of nitrogens with zero attached hydrogens (tertiary/aromatic N) is 2. The zero-order valence-corrected chi connectivity index (χ0v) is 8.77. The number of esters is 1. The second-order valence-corrected chi connectivity index (χ2v) is 3.28. The highest BCUT2D eigenvalue weighted by atomic mass is 16.5. The van der Waals surface area contributed by atoms with E-state index in [0.717, 1.165) is 0 Å². The Hall–Kier alpha value is -2.11. The first-order chi connectivity index (χ1) is 7.72. The Morgan fingerprint density at radius 2 is 2.44 bits per heavy atom. The fourth-order valence-electron chi connectivity index (χ4n) is 1.52. The monoisotopic (exact) mass is 221 g/mol. The molecule has 0 unspecified atom stereocenters. The van der Waals surface area contributed by atoms with Gasteiger partial charge in [-0.3, -0.25) is 14.3 Å². The van der Waals surface area contributed by atoms with E-state index in [-0.39, 0.29) is 24.6 Å². The smallest absolute Gasteiger partial charge is 0.327 e. The summed E-state index contributed by atoms with van der Waals surface area (Å²) < 4.78 is 5.99. The van der Waals surface area contributed by atoms with E-state index in [1.165, 1.54) is 11.7 Å². The van der Waals surface area contributed by atoms with Gasteiger partial charge in [0.05, 0.1) is 19.0 Å². The van der Waals surface area contributed by atoms with E-state index in [1.807, 2.05) is 0 Å². The number of rotatable bonds is 3. The molecule has 0 bridgehead atoms. The number of imidazole rings is 1. The molecule has 0 fully saturated rings. The minimum Gasteiger partial charge on any atom is -0.469 e. The zero-order valence-electron chi connectivity index (χ0n) is 8.77. The summed E-state index contributed by atoms with van der Waals surface area (Å²) in [6, 6.07) is 3.52. The molecule has 2 aromatic rings. The Kier molecular flexibility index (Phi) is 2.72. The topological polar surface area (TPSA) is 77.0 Å². The third-order valence-electron chi connectivity index (χ3n) is 2.31. The van der Waals surface area contributed by atoms with E-state index >= 15 is 0 Å². The van der Waals surface area contributed by atoms with Gasteiger partial charge in [-0.1, -0.05) is 0 Å². The summed E-state index contributed by atoms with van der Waals surface area (Å²) in [4.78, 5) is 29.2. The molecule has 0 aliphatic rings. The molecular weight excluding hydrogens is 210 g/mol. The number of aromatic nitrogens is 3. The normalized spacial score (nSPS) is 10.6. The predicted octanol–water partition coefficient (Wildman–Crippen LogP) is 0.288. The molecule has 84 valence electrons. The highest BCUT2D eigenvalue weighted by molar-refractivity contribution is 5.71. The van der Waals surface area contributed by atoms with E-state index in [0.29, 0.717) is 11.2 Å². The van der Waals surface area contributed by atoms with Crippen molar-refractivity contribution in [3.63, 3.8) is 0 Å². The molecule has 0 amide bonds. The van der Waals surface area contributed by atoms with Crippen LogP contribution in [-0.4, -0.2) is 27.6 Å². The molecule has 16 heavy (non-hydrogen) atoms. The van der Waals surface area contributed by atoms with Crippen molar-refractivity contribution in [1.82, 2.24) is 14.5 Å². The summed E-state index contributed by atoms with van der Waals surface area (Å²) in [5, 5.41) is 0. The van der Waals surface area contributed by atoms with Gasteiger partial charge in [-0.25, -0.2) is 9.78 Å². The predicted molar refractivity (Wildman–Crippen MR) is 57.0 cm³/mol. The Morgan fingerprint density at radius 3 is 3.19 bits per heavy atom. The van der Waals surface area contributed by atoms with Crippen LogP contribution < -0.4 is 5.69 Å².